The van der Waals surface area contributed by atoms with Gasteiger partial charge in [-0.15, -0.1) is 12.4 Å². The molecule has 272 valence electrons. The Morgan fingerprint density at radius 3 is 2.42 bits per heavy atom. The van der Waals surface area contributed by atoms with Crippen molar-refractivity contribution in [1.29, 1.82) is 0 Å². The number of piperazine rings is 1. The number of aromatic nitrogens is 2. The lowest BCUT2D eigenvalue weighted by atomic mass is 9.85. The van der Waals surface area contributed by atoms with Crippen molar-refractivity contribution in [2.45, 2.75) is 65.1 Å². The van der Waals surface area contributed by atoms with E-state index in [0.717, 1.165) is 42.9 Å². The Labute approximate surface area is 306 Å². The van der Waals surface area contributed by atoms with Crippen LogP contribution in [0.15, 0.2) is 36.7 Å². The number of Topliss-reactive ketones (excluding diaryl/α,β-unsaturated/α-hetero) is 1. The number of likely N-dealkylation sites (tertiary alicyclic amines) is 1. The van der Waals surface area contributed by atoms with Gasteiger partial charge < -0.3 is 35.4 Å². The zero-order valence-electron chi connectivity index (χ0n) is 30.0. The van der Waals surface area contributed by atoms with Crippen molar-refractivity contribution >= 4 is 69.7 Å². The topological polar surface area (TPSA) is 132 Å². The third-order valence-corrected chi connectivity index (χ3v) is 9.89. The summed E-state index contributed by atoms with van der Waals surface area (Å²) in [4.78, 5) is 55.9. The molecular weight excluding hydrogens is 679 g/mol. The van der Waals surface area contributed by atoms with Gasteiger partial charge in [0.25, 0.3) is 0 Å². The number of halogens is 2. The molecule has 12 nitrogen and oxygen atoms in total. The number of nitrogens with one attached hydrogen (secondary N) is 3. The number of benzene rings is 2. The van der Waals surface area contributed by atoms with Gasteiger partial charge in [0.05, 0.1) is 35.4 Å². The number of nitrogens with zero attached hydrogens (tertiary/aromatic N) is 5. The highest BCUT2D eigenvalue weighted by molar-refractivity contribution is 6.33. The van der Waals surface area contributed by atoms with E-state index in [1.54, 1.807) is 32.0 Å². The summed E-state index contributed by atoms with van der Waals surface area (Å²) in [6.07, 6.45) is 2.79. The summed E-state index contributed by atoms with van der Waals surface area (Å²) < 4.78 is 5.71. The number of hydrogen-bond donors (Lipinski definition) is 3. The fraction of sp³-hybridized carbons (Fsp3) is 0.528. The van der Waals surface area contributed by atoms with E-state index in [0.29, 0.717) is 47.1 Å². The van der Waals surface area contributed by atoms with Crippen LogP contribution < -0.4 is 25.6 Å². The van der Waals surface area contributed by atoms with Gasteiger partial charge in [0.15, 0.2) is 5.78 Å². The molecule has 0 radical (unpaired) electrons. The van der Waals surface area contributed by atoms with Crippen molar-refractivity contribution in [2.24, 2.45) is 5.41 Å². The average Bonchev–Trinajstić information content (AvgIpc) is 3.57. The van der Waals surface area contributed by atoms with Gasteiger partial charge in [-0.05, 0) is 63.5 Å². The van der Waals surface area contributed by atoms with Gasteiger partial charge in [0, 0.05) is 61.8 Å². The van der Waals surface area contributed by atoms with Crippen LogP contribution in [0.25, 0.3) is 10.9 Å². The van der Waals surface area contributed by atoms with Crippen molar-refractivity contribution in [1.82, 2.24) is 30.4 Å². The molecule has 0 aliphatic carbocycles. The molecule has 3 atom stereocenters. The van der Waals surface area contributed by atoms with Crippen LogP contribution in [-0.4, -0.2) is 109 Å². The number of hydrogen-bond acceptors (Lipinski definition) is 10. The SMILES string of the molecule is CN[C@@H](C)C(=O)N[C@H](C(=O)N1CCC[C@H]1C(=O)Cc1cc2c(Nc3ccc(N4CCN(C)CC4)c(Cl)c3)ncnc2cc1OC)C(C)(C)C.Cl. The van der Waals surface area contributed by atoms with E-state index >= 15 is 0 Å². The fourth-order valence-electron chi connectivity index (χ4n) is 6.47. The molecule has 0 unspecified atom stereocenters. The van der Waals surface area contributed by atoms with E-state index in [4.69, 9.17) is 16.3 Å². The maximum atomic E-state index is 14.0. The standard InChI is InChI=1S/C36H49ClN8O4.ClH/c1-22(38-5)34(47)42-32(36(2,3)4)35(48)45-12-8-9-29(45)30(46)18-23-17-25-27(20-31(23)49-7)39-21-40-33(25)41-24-10-11-28(26(37)19-24)44-15-13-43(6)14-16-44;/h10-11,17,19-22,29,32,38H,8-9,12-16,18H2,1-7H3,(H,42,47)(H,39,40,41);1H/t22-,29-,32+;/m0./s1. The number of ether oxygens (including phenoxy) is 1. The van der Waals surface area contributed by atoms with Crippen molar-refractivity contribution < 1.29 is 19.1 Å². The number of methoxy groups -OCH3 is 1. The third kappa shape index (κ3) is 8.77. The predicted octanol–water partition coefficient (Wildman–Crippen LogP) is 4.45. The van der Waals surface area contributed by atoms with Gasteiger partial charge in [0.2, 0.25) is 11.8 Å². The second kappa shape index (κ2) is 16.5. The van der Waals surface area contributed by atoms with Crippen LogP contribution in [-0.2, 0) is 20.8 Å². The molecule has 2 amide bonds. The normalized spacial score (nSPS) is 18.0. The Kier molecular flexibility index (Phi) is 12.9. The Hall–Kier alpha value is -3.71. The van der Waals surface area contributed by atoms with Crippen molar-refractivity contribution in [2.75, 3.05) is 64.1 Å². The smallest absolute Gasteiger partial charge is 0.246 e. The molecule has 14 heteroatoms. The van der Waals surface area contributed by atoms with E-state index in [9.17, 15) is 14.4 Å². The van der Waals surface area contributed by atoms with Gasteiger partial charge in [0.1, 0.15) is 23.9 Å². The molecule has 3 N–H and O–H groups in total. The molecule has 5 rings (SSSR count). The lowest BCUT2D eigenvalue weighted by Crippen LogP contribution is -2.58. The summed E-state index contributed by atoms with van der Waals surface area (Å²) in [5, 5.41) is 10.6. The molecule has 2 aliphatic rings. The van der Waals surface area contributed by atoms with Gasteiger partial charge in [-0.2, -0.15) is 0 Å². The minimum Gasteiger partial charge on any atom is -0.496 e. The monoisotopic (exact) mass is 728 g/mol. The molecule has 2 saturated heterocycles. The summed E-state index contributed by atoms with van der Waals surface area (Å²) in [5.74, 6) is 0.494. The Morgan fingerprint density at radius 2 is 1.78 bits per heavy atom. The molecule has 3 aromatic rings. The maximum absolute atomic E-state index is 14.0. The highest BCUT2D eigenvalue weighted by Crippen LogP contribution is 2.34. The van der Waals surface area contributed by atoms with Gasteiger partial charge in [-0.25, -0.2) is 9.97 Å². The molecule has 2 fully saturated rings. The van der Waals surface area contributed by atoms with Crippen molar-refractivity contribution in [3.05, 3.63) is 47.2 Å². The number of rotatable bonds is 11. The molecule has 2 aromatic carbocycles. The molecule has 2 aliphatic heterocycles. The van der Waals surface area contributed by atoms with E-state index in [2.05, 4.69) is 42.8 Å². The van der Waals surface area contributed by atoms with E-state index in [1.807, 2.05) is 45.0 Å². The molecule has 3 heterocycles. The Bertz CT molecular complexity index is 1690. The minimum atomic E-state index is -0.783. The Balaban J connectivity index is 0.00000562. The number of amides is 2. The van der Waals surface area contributed by atoms with Gasteiger partial charge >= 0.3 is 0 Å². The summed E-state index contributed by atoms with van der Waals surface area (Å²) in [6.45, 7) is 11.7. The second-order valence-electron chi connectivity index (χ2n) is 14.1. The minimum absolute atomic E-state index is 0. The first-order valence-corrected chi connectivity index (χ1v) is 17.3. The number of likely N-dealkylation sites (N-methyl/N-ethyl adjacent to an activating group) is 2. The zero-order chi connectivity index (χ0) is 35.5. The lowest BCUT2D eigenvalue weighted by Gasteiger charge is -2.36. The molecule has 50 heavy (non-hydrogen) atoms. The quantitative estimate of drug-likeness (QED) is 0.260. The van der Waals surface area contributed by atoms with Crippen molar-refractivity contribution in [3.8, 4) is 5.75 Å². The second-order valence-corrected chi connectivity index (χ2v) is 14.5. The van der Waals surface area contributed by atoms with E-state index < -0.39 is 23.5 Å². The number of carbonyl (C=O) groups excluding carboxylic acids is 3. The first-order valence-electron chi connectivity index (χ1n) is 16.9. The van der Waals surface area contributed by atoms with Crippen LogP contribution in [0.2, 0.25) is 5.02 Å². The van der Waals surface area contributed by atoms with Gasteiger partial charge in [-0.1, -0.05) is 32.4 Å². The number of fused-ring (bicyclic) bond motifs is 1. The third-order valence-electron chi connectivity index (χ3n) is 9.59. The van der Waals surface area contributed by atoms with E-state index in [-0.39, 0.29) is 36.4 Å². The van der Waals surface area contributed by atoms with Crippen LogP contribution in [0.1, 0.15) is 46.1 Å². The molecule has 0 spiro atoms. The zero-order valence-corrected chi connectivity index (χ0v) is 31.6. The molecule has 0 saturated carbocycles. The highest BCUT2D eigenvalue weighted by atomic mass is 35.5. The summed E-state index contributed by atoms with van der Waals surface area (Å²) in [6, 6.07) is 7.74. The van der Waals surface area contributed by atoms with Crippen LogP contribution in [0.5, 0.6) is 5.75 Å². The first-order chi connectivity index (χ1) is 23.3. The summed E-state index contributed by atoms with van der Waals surface area (Å²) in [7, 11) is 5.38. The first kappa shape index (κ1) is 39.1. The summed E-state index contributed by atoms with van der Waals surface area (Å²) in [5.41, 5.74) is 2.55. The number of anilines is 3. The number of carbonyl (C=O) groups is 3. The van der Waals surface area contributed by atoms with Crippen LogP contribution in [0, 0.1) is 5.41 Å². The highest BCUT2D eigenvalue weighted by Gasteiger charge is 2.42. The fourth-order valence-corrected chi connectivity index (χ4v) is 6.77. The average molecular weight is 730 g/mol. The molecule has 0 bridgehead atoms. The maximum Gasteiger partial charge on any atom is 0.246 e. The van der Waals surface area contributed by atoms with Crippen LogP contribution in [0.3, 0.4) is 0 Å². The predicted molar refractivity (Wildman–Crippen MR) is 201 cm³/mol. The largest absolute Gasteiger partial charge is 0.496 e. The van der Waals surface area contributed by atoms with E-state index in [1.165, 1.54) is 6.33 Å². The molecular formula is C36H50Cl2N8O4. The van der Waals surface area contributed by atoms with Gasteiger partial charge in [-0.3, -0.25) is 14.4 Å². The Morgan fingerprint density at radius 1 is 1.06 bits per heavy atom. The van der Waals surface area contributed by atoms with Crippen LogP contribution >= 0.6 is 24.0 Å². The molecule has 1 aromatic heterocycles. The number of ketones is 1. The lowest BCUT2D eigenvalue weighted by molar-refractivity contribution is -0.143. The summed E-state index contributed by atoms with van der Waals surface area (Å²) >= 11 is 6.76. The van der Waals surface area contributed by atoms with Crippen LogP contribution in [0.4, 0.5) is 17.2 Å². The van der Waals surface area contributed by atoms with Crippen molar-refractivity contribution in [3.63, 3.8) is 0 Å².